The molecule has 22 heavy (non-hydrogen) atoms. The smallest absolute Gasteiger partial charge is 0.237 e. The second-order valence-corrected chi connectivity index (χ2v) is 6.39. The molecular formula is C14H12BrN5OS. The average Bonchev–Trinajstić information content (AvgIpc) is 2.93. The van der Waals surface area contributed by atoms with Crippen molar-refractivity contribution in [2.45, 2.75) is 17.8 Å². The highest BCUT2D eigenvalue weighted by Gasteiger charge is 2.10. The summed E-state index contributed by atoms with van der Waals surface area (Å²) >= 11 is 4.83. The van der Waals surface area contributed by atoms with Crippen LogP contribution in [0.3, 0.4) is 0 Å². The lowest BCUT2D eigenvalue weighted by atomic mass is 10.2. The summed E-state index contributed by atoms with van der Waals surface area (Å²) in [6, 6.07) is 9.46. The average molecular weight is 378 g/mol. The largest absolute Gasteiger partial charge is 0.384 e. The quantitative estimate of drug-likeness (QED) is 0.549. The number of nitrogen functional groups attached to an aromatic ring is 1. The summed E-state index contributed by atoms with van der Waals surface area (Å²) in [5.41, 5.74) is 7.43. The van der Waals surface area contributed by atoms with Gasteiger partial charge in [0.15, 0.2) is 5.16 Å². The number of halogens is 1. The zero-order valence-corrected chi connectivity index (χ0v) is 14.1. The predicted octanol–water partition coefficient (Wildman–Crippen LogP) is 3.47. The van der Waals surface area contributed by atoms with Crippen molar-refractivity contribution in [3.63, 3.8) is 0 Å². The van der Waals surface area contributed by atoms with Gasteiger partial charge in [0.2, 0.25) is 11.7 Å². The first-order chi connectivity index (χ1) is 10.6. The Morgan fingerprint density at radius 1 is 1.23 bits per heavy atom. The number of benzene rings is 1. The molecule has 0 aliphatic carbocycles. The fraction of sp³-hybridized carbons (Fsp3) is 0.143. The van der Waals surface area contributed by atoms with Crippen molar-refractivity contribution in [2.24, 2.45) is 0 Å². The fourth-order valence-electron chi connectivity index (χ4n) is 1.81. The van der Waals surface area contributed by atoms with Gasteiger partial charge in [0.05, 0.1) is 5.75 Å². The highest BCUT2D eigenvalue weighted by molar-refractivity contribution is 9.10. The monoisotopic (exact) mass is 377 g/mol. The molecule has 3 rings (SSSR count). The van der Waals surface area contributed by atoms with Gasteiger partial charge in [-0.25, -0.2) is 9.97 Å². The molecule has 2 N–H and O–H groups in total. The van der Waals surface area contributed by atoms with Gasteiger partial charge in [0.1, 0.15) is 5.82 Å². The molecule has 0 bridgehead atoms. The molecule has 0 saturated carbocycles. The number of nitrogens with zero attached hydrogens (tertiary/aromatic N) is 4. The number of thioether (sulfide) groups is 1. The van der Waals surface area contributed by atoms with Gasteiger partial charge in [-0.1, -0.05) is 45.0 Å². The molecule has 2 aromatic heterocycles. The van der Waals surface area contributed by atoms with Crippen molar-refractivity contribution in [1.29, 1.82) is 0 Å². The molecule has 0 aliphatic rings. The maximum Gasteiger partial charge on any atom is 0.237 e. The third-order valence-electron chi connectivity index (χ3n) is 2.73. The van der Waals surface area contributed by atoms with Crippen LogP contribution in [0, 0.1) is 6.92 Å². The highest BCUT2D eigenvalue weighted by atomic mass is 79.9. The number of rotatable bonds is 4. The fourth-order valence-corrected chi connectivity index (χ4v) is 2.96. The predicted molar refractivity (Wildman–Crippen MR) is 88.2 cm³/mol. The summed E-state index contributed by atoms with van der Waals surface area (Å²) in [4.78, 5) is 12.8. The maximum absolute atomic E-state index is 5.70. The molecule has 0 atom stereocenters. The standard InChI is InChI=1S/C14H12BrN5OS/c1-8-5-11(16)18-14(17-8)22-7-12-19-13(20-21-12)9-3-2-4-10(15)6-9/h2-6H,7H2,1H3,(H2,16,17,18). The Kier molecular flexibility index (Phi) is 4.39. The van der Waals surface area contributed by atoms with Gasteiger partial charge in [-0.05, 0) is 19.1 Å². The van der Waals surface area contributed by atoms with E-state index in [1.165, 1.54) is 11.8 Å². The van der Waals surface area contributed by atoms with Crippen molar-refractivity contribution in [3.8, 4) is 11.4 Å². The van der Waals surface area contributed by atoms with Crippen molar-refractivity contribution in [1.82, 2.24) is 20.1 Å². The zero-order valence-electron chi connectivity index (χ0n) is 11.7. The van der Waals surface area contributed by atoms with Crippen molar-refractivity contribution >= 4 is 33.5 Å². The molecule has 0 aliphatic heterocycles. The second-order valence-electron chi connectivity index (χ2n) is 4.53. The maximum atomic E-state index is 5.70. The van der Waals surface area contributed by atoms with Gasteiger partial charge < -0.3 is 10.3 Å². The van der Waals surface area contributed by atoms with E-state index in [0.29, 0.717) is 28.4 Å². The van der Waals surface area contributed by atoms with Gasteiger partial charge in [0.25, 0.3) is 0 Å². The number of hydrogen-bond donors (Lipinski definition) is 1. The van der Waals surface area contributed by atoms with E-state index in [2.05, 4.69) is 36.0 Å². The minimum absolute atomic E-state index is 0.454. The molecule has 112 valence electrons. The van der Waals surface area contributed by atoms with Crippen LogP contribution in [-0.4, -0.2) is 20.1 Å². The molecule has 0 radical (unpaired) electrons. The summed E-state index contributed by atoms with van der Waals surface area (Å²) in [6.45, 7) is 1.88. The Morgan fingerprint density at radius 3 is 2.86 bits per heavy atom. The SMILES string of the molecule is Cc1cc(N)nc(SCc2nc(-c3cccc(Br)c3)no2)n1. The summed E-state index contributed by atoms with van der Waals surface area (Å²) in [6.07, 6.45) is 0. The van der Waals surface area contributed by atoms with Crippen molar-refractivity contribution < 1.29 is 4.52 Å². The topological polar surface area (TPSA) is 90.7 Å². The van der Waals surface area contributed by atoms with Crippen LogP contribution in [0.5, 0.6) is 0 Å². The van der Waals surface area contributed by atoms with E-state index in [0.717, 1.165) is 15.7 Å². The number of anilines is 1. The van der Waals surface area contributed by atoms with E-state index in [1.807, 2.05) is 31.2 Å². The minimum Gasteiger partial charge on any atom is -0.384 e. The first kappa shape index (κ1) is 15.0. The summed E-state index contributed by atoms with van der Waals surface area (Å²) in [7, 11) is 0. The van der Waals surface area contributed by atoms with Crippen LogP contribution in [0.25, 0.3) is 11.4 Å². The first-order valence-corrected chi connectivity index (χ1v) is 8.20. The van der Waals surface area contributed by atoms with E-state index in [1.54, 1.807) is 6.07 Å². The molecule has 6 nitrogen and oxygen atoms in total. The Labute approximate surface area is 139 Å². The van der Waals surface area contributed by atoms with Crippen molar-refractivity contribution in [3.05, 3.63) is 46.4 Å². The zero-order chi connectivity index (χ0) is 15.5. The molecule has 0 saturated heterocycles. The summed E-state index contributed by atoms with van der Waals surface area (Å²) in [5.74, 6) is 2.02. The van der Waals surface area contributed by atoms with Crippen LogP contribution in [0.4, 0.5) is 5.82 Å². The number of aromatic nitrogens is 4. The van der Waals surface area contributed by atoms with E-state index in [-0.39, 0.29) is 0 Å². The second kappa shape index (κ2) is 6.45. The molecule has 8 heteroatoms. The Balaban J connectivity index is 1.72. The third-order valence-corrected chi connectivity index (χ3v) is 4.05. The van der Waals surface area contributed by atoms with Crippen LogP contribution in [0.15, 0.2) is 44.5 Å². The van der Waals surface area contributed by atoms with E-state index >= 15 is 0 Å². The third kappa shape index (κ3) is 3.63. The van der Waals surface area contributed by atoms with Gasteiger partial charge in [-0.3, -0.25) is 0 Å². The normalized spacial score (nSPS) is 10.8. The van der Waals surface area contributed by atoms with Crippen LogP contribution in [-0.2, 0) is 5.75 Å². The van der Waals surface area contributed by atoms with E-state index in [4.69, 9.17) is 10.3 Å². The molecular weight excluding hydrogens is 366 g/mol. The first-order valence-electron chi connectivity index (χ1n) is 6.42. The lowest BCUT2D eigenvalue weighted by Gasteiger charge is -2.00. The van der Waals surface area contributed by atoms with Crippen LogP contribution < -0.4 is 5.73 Å². The van der Waals surface area contributed by atoms with Gasteiger partial charge in [-0.15, -0.1) is 0 Å². The Morgan fingerprint density at radius 2 is 2.09 bits per heavy atom. The molecule has 0 fully saturated rings. The number of hydrogen-bond acceptors (Lipinski definition) is 7. The minimum atomic E-state index is 0.454. The lowest BCUT2D eigenvalue weighted by molar-refractivity contribution is 0.391. The molecule has 0 spiro atoms. The summed E-state index contributed by atoms with van der Waals surface area (Å²) in [5, 5.41) is 4.59. The van der Waals surface area contributed by atoms with Gasteiger partial charge in [0, 0.05) is 21.8 Å². The Bertz CT molecular complexity index is 787. The molecule has 1 aromatic carbocycles. The van der Waals surface area contributed by atoms with E-state index in [9.17, 15) is 0 Å². The van der Waals surface area contributed by atoms with Crippen molar-refractivity contribution in [2.75, 3.05) is 5.73 Å². The van der Waals surface area contributed by atoms with Crippen LogP contribution >= 0.6 is 27.7 Å². The molecule has 0 amide bonds. The van der Waals surface area contributed by atoms with Gasteiger partial charge >= 0.3 is 0 Å². The van der Waals surface area contributed by atoms with Crippen LogP contribution in [0.1, 0.15) is 11.6 Å². The van der Waals surface area contributed by atoms with E-state index < -0.39 is 0 Å². The Hall–Kier alpha value is -1.93. The number of aryl methyl sites for hydroxylation is 1. The van der Waals surface area contributed by atoms with Gasteiger partial charge in [-0.2, -0.15) is 4.98 Å². The lowest BCUT2D eigenvalue weighted by Crippen LogP contribution is -1.96. The molecule has 3 aromatic rings. The summed E-state index contributed by atoms with van der Waals surface area (Å²) < 4.78 is 6.22. The van der Waals surface area contributed by atoms with Crippen LogP contribution in [0.2, 0.25) is 0 Å². The molecule has 0 unspecified atom stereocenters. The molecule has 2 heterocycles. The number of nitrogens with two attached hydrogens (primary N) is 1. The highest BCUT2D eigenvalue weighted by Crippen LogP contribution is 2.23.